The minimum atomic E-state index is 0.779. The zero-order valence-electron chi connectivity index (χ0n) is 13.2. The lowest BCUT2D eigenvalue weighted by Gasteiger charge is -2.07. The van der Waals surface area contributed by atoms with Gasteiger partial charge in [0.25, 0.3) is 0 Å². The summed E-state index contributed by atoms with van der Waals surface area (Å²) in [6, 6.07) is 22.5. The highest BCUT2D eigenvalue weighted by Crippen LogP contribution is 2.33. The lowest BCUT2D eigenvalue weighted by molar-refractivity contribution is 0.669. The van der Waals surface area contributed by atoms with Crippen LogP contribution in [0.2, 0.25) is 0 Å². The molecule has 0 unspecified atom stereocenters. The third-order valence-corrected chi connectivity index (χ3v) is 4.37. The molecule has 5 rings (SSSR count). The van der Waals surface area contributed by atoms with Gasteiger partial charge in [0.1, 0.15) is 17.0 Å². The van der Waals surface area contributed by atoms with Crippen molar-refractivity contribution in [2.45, 2.75) is 6.92 Å². The van der Waals surface area contributed by atoms with Crippen LogP contribution in [-0.4, -0.2) is 9.97 Å². The lowest BCUT2D eigenvalue weighted by Crippen LogP contribution is -1.93. The summed E-state index contributed by atoms with van der Waals surface area (Å²) in [7, 11) is 0. The Morgan fingerprint density at radius 2 is 1.46 bits per heavy atom. The van der Waals surface area contributed by atoms with Crippen LogP contribution in [0, 0.1) is 6.92 Å². The number of hydrogen-bond donors (Lipinski definition) is 0. The van der Waals surface area contributed by atoms with E-state index in [4.69, 9.17) is 9.40 Å². The molecule has 0 radical (unpaired) electrons. The highest BCUT2D eigenvalue weighted by Gasteiger charge is 2.11. The van der Waals surface area contributed by atoms with Gasteiger partial charge in [-0.2, -0.15) is 0 Å². The lowest BCUT2D eigenvalue weighted by atomic mass is 10.0. The van der Waals surface area contributed by atoms with Gasteiger partial charge in [0, 0.05) is 21.7 Å². The van der Waals surface area contributed by atoms with Crippen molar-refractivity contribution in [2.75, 3.05) is 0 Å². The predicted octanol–water partition coefficient (Wildman–Crippen LogP) is 5.50. The van der Waals surface area contributed by atoms with Gasteiger partial charge in [-0.05, 0) is 37.3 Å². The molecule has 0 bridgehead atoms. The van der Waals surface area contributed by atoms with E-state index in [2.05, 4.69) is 29.2 Å². The quantitative estimate of drug-likeness (QED) is 0.410. The number of aromatic nitrogens is 2. The van der Waals surface area contributed by atoms with E-state index in [-0.39, 0.29) is 0 Å². The summed E-state index contributed by atoms with van der Waals surface area (Å²) < 4.78 is 5.92. The van der Waals surface area contributed by atoms with Gasteiger partial charge in [0.05, 0.1) is 11.2 Å². The smallest absolute Gasteiger partial charge is 0.135 e. The Kier molecular flexibility index (Phi) is 2.71. The van der Waals surface area contributed by atoms with Crippen LogP contribution in [0.3, 0.4) is 0 Å². The van der Waals surface area contributed by atoms with Gasteiger partial charge in [-0.1, -0.05) is 36.4 Å². The van der Waals surface area contributed by atoms with E-state index in [1.165, 1.54) is 0 Å². The van der Waals surface area contributed by atoms with Crippen molar-refractivity contribution in [3.05, 3.63) is 72.6 Å². The first-order valence-electron chi connectivity index (χ1n) is 7.95. The molecule has 0 fully saturated rings. The fourth-order valence-corrected chi connectivity index (χ4v) is 3.29. The van der Waals surface area contributed by atoms with Crippen LogP contribution < -0.4 is 0 Å². The standard InChI is InChI=1S/C21H14N2O/c1-13-22-18-8-4-2-7-16(18)21(23-13)14-10-11-20-17(12-14)15-6-3-5-9-19(15)24-20/h2-12H,1H3. The Morgan fingerprint density at radius 3 is 2.38 bits per heavy atom. The van der Waals surface area contributed by atoms with Gasteiger partial charge in [0.2, 0.25) is 0 Å². The SMILES string of the molecule is Cc1nc(-c2ccc3oc4ccccc4c3c2)c2ccccc2n1. The third-order valence-electron chi connectivity index (χ3n) is 4.37. The zero-order valence-corrected chi connectivity index (χ0v) is 13.2. The van der Waals surface area contributed by atoms with Crippen LogP contribution in [0.1, 0.15) is 5.82 Å². The van der Waals surface area contributed by atoms with Gasteiger partial charge in [-0.25, -0.2) is 9.97 Å². The Hall–Kier alpha value is -3.20. The van der Waals surface area contributed by atoms with Crippen molar-refractivity contribution < 1.29 is 4.42 Å². The van der Waals surface area contributed by atoms with E-state index in [0.717, 1.165) is 49.9 Å². The molecule has 3 aromatic carbocycles. The molecule has 0 spiro atoms. The van der Waals surface area contributed by atoms with E-state index in [9.17, 15) is 0 Å². The van der Waals surface area contributed by atoms with Crippen molar-refractivity contribution in [1.29, 1.82) is 0 Å². The maximum Gasteiger partial charge on any atom is 0.135 e. The molecule has 0 aliphatic heterocycles. The summed E-state index contributed by atoms with van der Waals surface area (Å²) >= 11 is 0. The van der Waals surface area contributed by atoms with Gasteiger partial charge in [0.15, 0.2) is 0 Å². The summed E-state index contributed by atoms with van der Waals surface area (Å²) in [5.41, 5.74) is 4.82. The van der Waals surface area contributed by atoms with Crippen molar-refractivity contribution in [3.63, 3.8) is 0 Å². The van der Waals surface area contributed by atoms with Gasteiger partial charge < -0.3 is 4.42 Å². The predicted molar refractivity (Wildman–Crippen MR) is 97.0 cm³/mol. The second kappa shape index (κ2) is 4.90. The van der Waals surface area contributed by atoms with Crippen LogP contribution in [0.15, 0.2) is 71.1 Å². The normalized spacial score (nSPS) is 11.5. The Morgan fingerprint density at radius 1 is 0.708 bits per heavy atom. The van der Waals surface area contributed by atoms with Gasteiger partial charge in [-0.3, -0.25) is 0 Å². The molecular formula is C21H14N2O. The summed E-state index contributed by atoms with van der Waals surface area (Å²) in [5.74, 6) is 0.779. The number of aryl methyl sites for hydroxylation is 1. The van der Waals surface area contributed by atoms with Crippen LogP contribution in [0.25, 0.3) is 44.1 Å². The minimum absolute atomic E-state index is 0.779. The molecule has 2 heterocycles. The Bertz CT molecular complexity index is 1220. The molecule has 3 nitrogen and oxygen atoms in total. The number of fused-ring (bicyclic) bond motifs is 4. The molecule has 0 atom stereocenters. The molecule has 3 heteroatoms. The highest BCUT2D eigenvalue weighted by atomic mass is 16.3. The van der Waals surface area contributed by atoms with Gasteiger partial charge in [-0.15, -0.1) is 0 Å². The van der Waals surface area contributed by atoms with Crippen molar-refractivity contribution in [1.82, 2.24) is 9.97 Å². The Balaban J connectivity index is 1.85. The van der Waals surface area contributed by atoms with E-state index >= 15 is 0 Å². The Labute approximate surface area is 138 Å². The molecule has 114 valence electrons. The van der Waals surface area contributed by atoms with Crippen LogP contribution >= 0.6 is 0 Å². The molecular weight excluding hydrogens is 296 g/mol. The largest absolute Gasteiger partial charge is 0.456 e. The first-order chi connectivity index (χ1) is 11.8. The van der Waals surface area contributed by atoms with E-state index in [0.29, 0.717) is 0 Å². The van der Waals surface area contributed by atoms with Crippen molar-refractivity contribution in [3.8, 4) is 11.3 Å². The second-order valence-corrected chi connectivity index (χ2v) is 5.95. The number of hydrogen-bond acceptors (Lipinski definition) is 3. The maximum atomic E-state index is 5.92. The zero-order chi connectivity index (χ0) is 16.1. The number of nitrogens with zero attached hydrogens (tertiary/aromatic N) is 2. The number of rotatable bonds is 1. The highest BCUT2D eigenvalue weighted by molar-refractivity contribution is 6.07. The minimum Gasteiger partial charge on any atom is -0.456 e. The summed E-state index contributed by atoms with van der Waals surface area (Å²) in [6.07, 6.45) is 0. The molecule has 5 aromatic rings. The van der Waals surface area contributed by atoms with Crippen molar-refractivity contribution >= 4 is 32.8 Å². The summed E-state index contributed by atoms with van der Waals surface area (Å²) in [6.45, 7) is 1.93. The fourth-order valence-electron chi connectivity index (χ4n) is 3.29. The van der Waals surface area contributed by atoms with Crippen LogP contribution in [-0.2, 0) is 0 Å². The first kappa shape index (κ1) is 13.3. The summed E-state index contributed by atoms with van der Waals surface area (Å²) in [4.78, 5) is 9.24. The molecule has 0 N–H and O–H groups in total. The summed E-state index contributed by atoms with van der Waals surface area (Å²) in [5, 5.41) is 3.31. The number of furan rings is 1. The van der Waals surface area contributed by atoms with E-state index in [1.54, 1.807) is 0 Å². The third kappa shape index (κ3) is 1.91. The second-order valence-electron chi connectivity index (χ2n) is 5.95. The average molecular weight is 310 g/mol. The van der Waals surface area contributed by atoms with Crippen molar-refractivity contribution in [2.24, 2.45) is 0 Å². The van der Waals surface area contributed by atoms with E-state index in [1.807, 2.05) is 49.4 Å². The molecule has 0 aliphatic carbocycles. The maximum absolute atomic E-state index is 5.92. The molecule has 24 heavy (non-hydrogen) atoms. The molecule has 2 aromatic heterocycles. The van der Waals surface area contributed by atoms with Gasteiger partial charge >= 0.3 is 0 Å². The number of benzene rings is 3. The molecule has 0 aliphatic rings. The van der Waals surface area contributed by atoms with Crippen LogP contribution in [0.4, 0.5) is 0 Å². The van der Waals surface area contributed by atoms with Crippen LogP contribution in [0.5, 0.6) is 0 Å². The van der Waals surface area contributed by atoms with E-state index < -0.39 is 0 Å². The monoisotopic (exact) mass is 310 g/mol. The molecule has 0 saturated heterocycles. The topological polar surface area (TPSA) is 38.9 Å². The number of para-hydroxylation sites is 2. The molecule has 0 saturated carbocycles. The molecule has 0 amide bonds. The average Bonchev–Trinajstić information content (AvgIpc) is 2.99. The first-order valence-corrected chi connectivity index (χ1v) is 7.95. The fraction of sp³-hybridized carbons (Fsp3) is 0.0476.